The molecule has 1 aliphatic rings. The Morgan fingerprint density at radius 1 is 1.24 bits per heavy atom. The summed E-state index contributed by atoms with van der Waals surface area (Å²) in [6, 6.07) is 7.45. The fourth-order valence-corrected chi connectivity index (χ4v) is 2.85. The molecule has 0 heterocycles. The lowest BCUT2D eigenvalue weighted by molar-refractivity contribution is -0.141. The molecule has 2 rings (SSSR count). The number of carbonyl (C=O) groups is 2. The van der Waals surface area contributed by atoms with Gasteiger partial charge in [0.15, 0.2) is 0 Å². The average Bonchev–Trinajstić information content (AvgIpc) is 2.93. The van der Waals surface area contributed by atoms with Gasteiger partial charge in [-0.25, -0.2) is 0 Å². The first-order chi connectivity index (χ1) is 10.0. The molecule has 0 spiro atoms. The van der Waals surface area contributed by atoms with Crippen molar-refractivity contribution in [1.82, 2.24) is 0 Å². The minimum absolute atomic E-state index is 0.0774. The molecule has 0 aliphatic heterocycles. The van der Waals surface area contributed by atoms with Crippen LogP contribution < -0.4 is 5.32 Å². The summed E-state index contributed by atoms with van der Waals surface area (Å²) in [4.78, 5) is 22.8. The van der Waals surface area contributed by atoms with Crippen molar-refractivity contribution in [2.75, 3.05) is 5.32 Å². The first kappa shape index (κ1) is 15.5. The first-order valence-electron chi connectivity index (χ1n) is 7.66. The number of nitrogens with one attached hydrogen (secondary N) is 1. The Kier molecular flexibility index (Phi) is 5.37. The van der Waals surface area contributed by atoms with E-state index in [-0.39, 0.29) is 5.91 Å². The Balaban J connectivity index is 1.83. The highest BCUT2D eigenvalue weighted by Crippen LogP contribution is 2.27. The van der Waals surface area contributed by atoms with Crippen LogP contribution in [0.3, 0.4) is 0 Å². The van der Waals surface area contributed by atoms with E-state index in [0.29, 0.717) is 18.8 Å². The molecule has 1 fully saturated rings. The second-order valence-electron chi connectivity index (χ2n) is 6.04. The molecule has 1 saturated carbocycles. The molecule has 0 bridgehead atoms. The Labute approximate surface area is 125 Å². The van der Waals surface area contributed by atoms with Gasteiger partial charge in [-0.3, -0.25) is 9.59 Å². The van der Waals surface area contributed by atoms with E-state index >= 15 is 0 Å². The summed E-state index contributed by atoms with van der Waals surface area (Å²) in [6.45, 7) is 1.69. The lowest BCUT2D eigenvalue weighted by atomic mass is 10.0. The Morgan fingerprint density at radius 2 is 1.86 bits per heavy atom. The summed E-state index contributed by atoms with van der Waals surface area (Å²) in [5, 5.41) is 11.8. The Morgan fingerprint density at radius 3 is 2.43 bits per heavy atom. The Bertz CT molecular complexity index is 489. The largest absolute Gasteiger partial charge is 0.481 e. The highest BCUT2D eigenvalue weighted by atomic mass is 16.4. The number of rotatable bonds is 6. The van der Waals surface area contributed by atoms with Crippen LogP contribution in [0.15, 0.2) is 24.3 Å². The maximum Gasteiger partial charge on any atom is 0.306 e. The van der Waals surface area contributed by atoms with Crippen LogP contribution in [0, 0.1) is 11.8 Å². The third-order valence-electron chi connectivity index (χ3n) is 4.15. The molecule has 1 aromatic carbocycles. The van der Waals surface area contributed by atoms with E-state index in [1.807, 2.05) is 24.3 Å². The van der Waals surface area contributed by atoms with E-state index in [1.54, 1.807) is 6.92 Å². The summed E-state index contributed by atoms with van der Waals surface area (Å²) < 4.78 is 0. The van der Waals surface area contributed by atoms with Gasteiger partial charge in [-0.05, 0) is 42.9 Å². The van der Waals surface area contributed by atoms with Gasteiger partial charge in [-0.1, -0.05) is 31.9 Å². The molecule has 1 unspecified atom stereocenters. The number of carbonyl (C=O) groups excluding carboxylic acids is 1. The van der Waals surface area contributed by atoms with Gasteiger partial charge < -0.3 is 10.4 Å². The van der Waals surface area contributed by atoms with Crippen LogP contribution in [0.25, 0.3) is 0 Å². The van der Waals surface area contributed by atoms with Gasteiger partial charge in [0.05, 0.1) is 5.92 Å². The normalized spacial score (nSPS) is 16.6. The summed E-state index contributed by atoms with van der Waals surface area (Å²) in [5.74, 6) is -0.564. The van der Waals surface area contributed by atoms with Gasteiger partial charge >= 0.3 is 5.97 Å². The zero-order chi connectivity index (χ0) is 15.2. The number of amides is 1. The average molecular weight is 289 g/mol. The topological polar surface area (TPSA) is 66.4 Å². The predicted octanol–water partition coefficient (Wildman–Crippen LogP) is 3.47. The van der Waals surface area contributed by atoms with Crippen molar-refractivity contribution >= 4 is 17.6 Å². The van der Waals surface area contributed by atoms with E-state index in [1.165, 1.54) is 25.7 Å². The number of carboxylic acids is 1. The van der Waals surface area contributed by atoms with Crippen LogP contribution >= 0.6 is 0 Å². The van der Waals surface area contributed by atoms with Gasteiger partial charge in [-0.2, -0.15) is 0 Å². The van der Waals surface area contributed by atoms with E-state index < -0.39 is 11.9 Å². The smallest absolute Gasteiger partial charge is 0.306 e. The fraction of sp³-hybridized carbons (Fsp3) is 0.529. The van der Waals surface area contributed by atoms with E-state index in [4.69, 9.17) is 5.11 Å². The molecular formula is C17H23NO3. The van der Waals surface area contributed by atoms with Crippen molar-refractivity contribution in [3.8, 4) is 0 Å². The molecule has 0 aromatic heterocycles. The van der Waals surface area contributed by atoms with Gasteiger partial charge in [-0.15, -0.1) is 0 Å². The van der Waals surface area contributed by atoms with Crippen molar-refractivity contribution in [2.45, 2.75) is 45.4 Å². The molecule has 1 aliphatic carbocycles. The van der Waals surface area contributed by atoms with Crippen molar-refractivity contribution in [2.24, 2.45) is 11.8 Å². The fourth-order valence-electron chi connectivity index (χ4n) is 2.85. The van der Waals surface area contributed by atoms with E-state index in [2.05, 4.69) is 5.32 Å². The molecule has 21 heavy (non-hydrogen) atoms. The highest BCUT2D eigenvalue weighted by molar-refractivity contribution is 5.90. The molecular weight excluding hydrogens is 266 g/mol. The lowest BCUT2D eigenvalue weighted by Gasteiger charge is -2.11. The van der Waals surface area contributed by atoms with Crippen molar-refractivity contribution in [1.29, 1.82) is 0 Å². The standard InChI is InChI=1S/C17H23NO3/c1-12(17(20)21)10-14-6-8-15(9-7-14)18-16(19)11-13-4-2-3-5-13/h6-9,12-13H,2-5,10-11H2,1H3,(H,18,19)(H,20,21). The van der Waals surface area contributed by atoms with Crippen LogP contribution in [0.4, 0.5) is 5.69 Å². The van der Waals surface area contributed by atoms with Crippen molar-refractivity contribution < 1.29 is 14.7 Å². The number of benzene rings is 1. The van der Waals surface area contributed by atoms with Crippen molar-refractivity contribution in [3.63, 3.8) is 0 Å². The molecule has 4 heteroatoms. The van der Waals surface area contributed by atoms with Gasteiger partial charge in [0.1, 0.15) is 0 Å². The maximum atomic E-state index is 11.9. The predicted molar refractivity (Wildman–Crippen MR) is 82.2 cm³/mol. The third-order valence-corrected chi connectivity index (χ3v) is 4.15. The number of aliphatic carboxylic acids is 1. The SMILES string of the molecule is CC(Cc1ccc(NC(=O)CC2CCCC2)cc1)C(=O)O. The van der Waals surface area contributed by atoms with E-state index in [0.717, 1.165) is 11.3 Å². The second-order valence-corrected chi connectivity index (χ2v) is 6.04. The third kappa shape index (κ3) is 4.88. The zero-order valence-electron chi connectivity index (χ0n) is 12.5. The molecule has 1 atom stereocenters. The maximum absolute atomic E-state index is 11.9. The Hall–Kier alpha value is -1.84. The van der Waals surface area contributed by atoms with Crippen LogP contribution in [0.5, 0.6) is 0 Å². The molecule has 0 radical (unpaired) electrons. The zero-order valence-corrected chi connectivity index (χ0v) is 12.5. The van der Waals surface area contributed by atoms with Crippen molar-refractivity contribution in [3.05, 3.63) is 29.8 Å². The minimum atomic E-state index is -0.788. The van der Waals surface area contributed by atoms with E-state index in [9.17, 15) is 9.59 Å². The molecule has 1 amide bonds. The second kappa shape index (κ2) is 7.25. The summed E-state index contributed by atoms with van der Waals surface area (Å²) >= 11 is 0. The molecule has 0 saturated heterocycles. The molecule has 114 valence electrons. The number of carboxylic acid groups (broad SMARTS) is 1. The van der Waals surface area contributed by atoms with Crippen LogP contribution in [-0.2, 0) is 16.0 Å². The first-order valence-corrected chi connectivity index (χ1v) is 7.66. The van der Waals surface area contributed by atoms with Crippen LogP contribution in [0.2, 0.25) is 0 Å². The number of anilines is 1. The molecule has 1 aromatic rings. The van der Waals surface area contributed by atoms with Gasteiger partial charge in [0.25, 0.3) is 0 Å². The minimum Gasteiger partial charge on any atom is -0.481 e. The van der Waals surface area contributed by atoms with Crippen LogP contribution in [-0.4, -0.2) is 17.0 Å². The van der Waals surface area contributed by atoms with Gasteiger partial charge in [0.2, 0.25) is 5.91 Å². The monoisotopic (exact) mass is 289 g/mol. The highest BCUT2D eigenvalue weighted by Gasteiger charge is 2.18. The quantitative estimate of drug-likeness (QED) is 0.842. The number of hydrogen-bond donors (Lipinski definition) is 2. The summed E-state index contributed by atoms with van der Waals surface area (Å²) in [5.41, 5.74) is 1.75. The van der Waals surface area contributed by atoms with Crippen LogP contribution in [0.1, 0.15) is 44.6 Å². The van der Waals surface area contributed by atoms with Gasteiger partial charge in [0, 0.05) is 12.1 Å². The molecule has 2 N–H and O–H groups in total. The summed E-state index contributed by atoms with van der Waals surface area (Å²) in [6.07, 6.45) is 5.94. The number of hydrogen-bond acceptors (Lipinski definition) is 2. The summed E-state index contributed by atoms with van der Waals surface area (Å²) in [7, 11) is 0. The lowest BCUT2D eigenvalue weighted by Crippen LogP contribution is -2.15. The molecule has 4 nitrogen and oxygen atoms in total.